The highest BCUT2D eigenvalue weighted by atomic mass is 32.2. The number of nitrogens with one attached hydrogen (secondary N) is 2. The molecule has 0 aromatic carbocycles. The van der Waals surface area contributed by atoms with Gasteiger partial charge in [0.1, 0.15) is 0 Å². The Hall–Kier alpha value is -0.850. The molecular weight excluding hydrogens is 250 g/mol. The molecule has 1 atom stereocenters. The lowest BCUT2D eigenvalue weighted by atomic mass is 10.2. The first-order chi connectivity index (χ1) is 8.64. The molecule has 2 heterocycles. The van der Waals surface area contributed by atoms with E-state index >= 15 is 0 Å². The van der Waals surface area contributed by atoms with E-state index in [0.717, 1.165) is 25.8 Å². The van der Waals surface area contributed by atoms with Crippen molar-refractivity contribution in [1.82, 2.24) is 14.6 Å². The zero-order valence-electron chi connectivity index (χ0n) is 10.7. The number of rotatable bonds is 6. The summed E-state index contributed by atoms with van der Waals surface area (Å²) in [4.78, 5) is 3.16. The van der Waals surface area contributed by atoms with Gasteiger partial charge >= 0.3 is 0 Å². The van der Waals surface area contributed by atoms with Crippen molar-refractivity contribution in [3.8, 4) is 0 Å². The van der Waals surface area contributed by atoms with Crippen LogP contribution in [0, 0.1) is 0 Å². The van der Waals surface area contributed by atoms with Gasteiger partial charge in [-0.15, -0.1) is 0 Å². The lowest BCUT2D eigenvalue weighted by molar-refractivity contribution is 0.369. The number of hydrogen-bond acceptors (Lipinski definition) is 3. The molecule has 18 heavy (non-hydrogen) atoms. The van der Waals surface area contributed by atoms with Gasteiger partial charge < -0.3 is 10.3 Å². The van der Waals surface area contributed by atoms with Gasteiger partial charge in [0.15, 0.2) is 0 Å². The third-order valence-corrected chi connectivity index (χ3v) is 5.13. The van der Waals surface area contributed by atoms with Crippen LogP contribution in [0.3, 0.4) is 0 Å². The summed E-state index contributed by atoms with van der Waals surface area (Å²) in [5, 5.41) is 3.35. The lowest BCUT2D eigenvalue weighted by Crippen LogP contribution is -2.41. The maximum Gasteiger partial charge on any atom is 0.244 e. The van der Waals surface area contributed by atoms with Crippen molar-refractivity contribution in [2.45, 2.75) is 37.1 Å². The van der Waals surface area contributed by atoms with Crippen LogP contribution in [0.2, 0.25) is 0 Å². The third kappa shape index (κ3) is 2.93. The third-order valence-electron chi connectivity index (χ3n) is 3.27. The molecule has 0 radical (unpaired) electrons. The van der Waals surface area contributed by atoms with E-state index in [1.165, 1.54) is 0 Å². The Morgan fingerprint density at radius 2 is 2.33 bits per heavy atom. The van der Waals surface area contributed by atoms with Gasteiger partial charge in [-0.05, 0) is 31.9 Å². The van der Waals surface area contributed by atoms with E-state index in [-0.39, 0.29) is 0 Å². The van der Waals surface area contributed by atoms with Gasteiger partial charge in [0.2, 0.25) is 10.0 Å². The average Bonchev–Trinajstić information content (AvgIpc) is 3.01. The molecule has 2 N–H and O–H groups in total. The fourth-order valence-corrected chi connectivity index (χ4v) is 3.89. The maximum atomic E-state index is 12.4. The van der Waals surface area contributed by atoms with Crippen LogP contribution in [-0.4, -0.2) is 43.4 Å². The van der Waals surface area contributed by atoms with Crippen LogP contribution in [0.4, 0.5) is 0 Å². The normalized spacial score (nSPS) is 20.7. The van der Waals surface area contributed by atoms with Gasteiger partial charge in [-0.25, -0.2) is 8.42 Å². The highest BCUT2D eigenvalue weighted by Gasteiger charge is 2.27. The molecule has 1 saturated heterocycles. The molecule has 1 aliphatic heterocycles. The quantitative estimate of drug-likeness (QED) is 0.816. The Labute approximate surface area is 109 Å². The van der Waals surface area contributed by atoms with Gasteiger partial charge in [0, 0.05) is 31.5 Å². The predicted molar refractivity (Wildman–Crippen MR) is 70.9 cm³/mol. The predicted octanol–water partition coefficient (Wildman–Crippen LogP) is 1.17. The Bertz CT molecular complexity index is 450. The van der Waals surface area contributed by atoms with Gasteiger partial charge in [-0.2, -0.15) is 4.31 Å². The van der Waals surface area contributed by atoms with Crippen molar-refractivity contribution in [3.05, 3.63) is 18.5 Å². The number of hydrogen-bond donors (Lipinski definition) is 2. The van der Waals surface area contributed by atoms with Crippen LogP contribution in [0.25, 0.3) is 0 Å². The summed E-state index contributed by atoms with van der Waals surface area (Å²) >= 11 is 0. The second-order valence-electron chi connectivity index (χ2n) is 4.70. The minimum Gasteiger partial charge on any atom is -0.366 e. The Morgan fingerprint density at radius 1 is 1.50 bits per heavy atom. The number of sulfonamides is 1. The molecule has 0 saturated carbocycles. The monoisotopic (exact) mass is 271 g/mol. The van der Waals surface area contributed by atoms with Gasteiger partial charge in [0.25, 0.3) is 0 Å². The fourth-order valence-electron chi connectivity index (χ4n) is 2.34. The van der Waals surface area contributed by atoms with Crippen LogP contribution < -0.4 is 5.32 Å². The van der Waals surface area contributed by atoms with E-state index in [2.05, 4.69) is 10.3 Å². The molecule has 5 nitrogen and oxygen atoms in total. The molecule has 0 aliphatic carbocycles. The summed E-state index contributed by atoms with van der Waals surface area (Å²) in [6.45, 7) is 4.14. The molecule has 0 bridgehead atoms. The zero-order chi connectivity index (χ0) is 13.0. The summed E-state index contributed by atoms with van der Waals surface area (Å²) in [6, 6.07) is 1.91. The minimum absolute atomic E-state index is 0.297. The van der Waals surface area contributed by atoms with E-state index in [4.69, 9.17) is 0 Å². The Morgan fingerprint density at radius 3 is 2.89 bits per heavy atom. The van der Waals surface area contributed by atoms with E-state index in [1.54, 1.807) is 22.8 Å². The fraction of sp³-hybridized carbons (Fsp3) is 0.667. The molecule has 1 aromatic heterocycles. The molecule has 1 aromatic rings. The van der Waals surface area contributed by atoms with Crippen molar-refractivity contribution < 1.29 is 8.42 Å². The number of H-pyrrole nitrogens is 1. The SMILES string of the molecule is CCCN(CC1CCCN1)S(=O)(=O)c1cc[nH]c1. The summed E-state index contributed by atoms with van der Waals surface area (Å²) in [6.07, 6.45) is 6.21. The van der Waals surface area contributed by atoms with Crippen molar-refractivity contribution >= 4 is 10.0 Å². The zero-order valence-corrected chi connectivity index (χ0v) is 11.5. The molecule has 1 unspecified atom stereocenters. The summed E-state index contributed by atoms with van der Waals surface area (Å²) in [5.74, 6) is 0. The lowest BCUT2D eigenvalue weighted by Gasteiger charge is -2.24. The number of aromatic amines is 1. The Balaban J connectivity index is 2.13. The van der Waals surface area contributed by atoms with E-state index in [1.807, 2.05) is 6.92 Å². The van der Waals surface area contributed by atoms with Gasteiger partial charge in [-0.1, -0.05) is 6.92 Å². The summed E-state index contributed by atoms with van der Waals surface area (Å²) in [7, 11) is -3.35. The van der Waals surface area contributed by atoms with Crippen LogP contribution >= 0.6 is 0 Å². The first-order valence-corrected chi connectivity index (χ1v) is 7.95. The molecule has 102 valence electrons. The first kappa shape index (κ1) is 13.6. The van der Waals surface area contributed by atoms with Crippen molar-refractivity contribution in [1.29, 1.82) is 0 Å². The maximum absolute atomic E-state index is 12.4. The molecular formula is C12H21N3O2S. The molecule has 0 amide bonds. The van der Waals surface area contributed by atoms with Gasteiger partial charge in [0.05, 0.1) is 4.90 Å². The Kier molecular flexibility index (Phi) is 4.42. The molecule has 1 fully saturated rings. The van der Waals surface area contributed by atoms with Crippen molar-refractivity contribution in [3.63, 3.8) is 0 Å². The highest BCUT2D eigenvalue weighted by molar-refractivity contribution is 7.89. The minimum atomic E-state index is -3.35. The summed E-state index contributed by atoms with van der Waals surface area (Å²) < 4.78 is 26.5. The molecule has 2 rings (SSSR count). The number of nitrogens with zero attached hydrogens (tertiary/aromatic N) is 1. The van der Waals surface area contributed by atoms with Crippen LogP contribution in [0.1, 0.15) is 26.2 Å². The highest BCUT2D eigenvalue weighted by Crippen LogP contribution is 2.17. The van der Waals surface area contributed by atoms with Crippen LogP contribution in [0.15, 0.2) is 23.4 Å². The van der Waals surface area contributed by atoms with Crippen molar-refractivity contribution in [2.24, 2.45) is 0 Å². The second kappa shape index (κ2) is 5.86. The smallest absolute Gasteiger partial charge is 0.244 e. The van der Waals surface area contributed by atoms with Crippen LogP contribution in [-0.2, 0) is 10.0 Å². The summed E-state index contributed by atoms with van der Waals surface area (Å²) in [5.41, 5.74) is 0. The van der Waals surface area contributed by atoms with Gasteiger partial charge in [-0.3, -0.25) is 0 Å². The average molecular weight is 271 g/mol. The van der Waals surface area contributed by atoms with E-state index in [0.29, 0.717) is 24.0 Å². The number of aromatic nitrogens is 1. The standard InChI is InChI=1S/C12H21N3O2S/c1-2-8-15(10-11-4-3-6-14-11)18(16,17)12-5-7-13-9-12/h5,7,9,11,13-14H,2-4,6,8,10H2,1H3. The van der Waals surface area contributed by atoms with E-state index in [9.17, 15) is 8.42 Å². The molecule has 1 aliphatic rings. The molecule has 0 spiro atoms. The van der Waals surface area contributed by atoms with Crippen molar-refractivity contribution in [2.75, 3.05) is 19.6 Å². The van der Waals surface area contributed by atoms with Crippen LogP contribution in [0.5, 0.6) is 0 Å². The molecule has 6 heteroatoms. The topological polar surface area (TPSA) is 65.2 Å². The first-order valence-electron chi connectivity index (χ1n) is 6.51. The second-order valence-corrected chi connectivity index (χ2v) is 6.64. The largest absolute Gasteiger partial charge is 0.366 e. The van der Waals surface area contributed by atoms with E-state index < -0.39 is 10.0 Å².